The molecule has 21 heavy (non-hydrogen) atoms. The lowest BCUT2D eigenvalue weighted by atomic mass is 9.98. The van der Waals surface area contributed by atoms with Gasteiger partial charge in [-0.05, 0) is 12.0 Å². The highest BCUT2D eigenvalue weighted by molar-refractivity contribution is 5.98. The predicted molar refractivity (Wildman–Crippen MR) is 75.8 cm³/mol. The van der Waals surface area contributed by atoms with Crippen LogP contribution in [0.15, 0.2) is 18.5 Å². The quantitative estimate of drug-likeness (QED) is 0.615. The molecule has 0 aliphatic carbocycles. The molecule has 0 fully saturated rings. The monoisotopic (exact) mass is 294 g/mol. The summed E-state index contributed by atoms with van der Waals surface area (Å²) in [7, 11) is 0. The summed E-state index contributed by atoms with van der Waals surface area (Å²) in [5.74, 6) is -1.76. The molecule has 1 heterocycles. The number of carbonyl (C=O) groups is 3. The van der Waals surface area contributed by atoms with E-state index in [0.29, 0.717) is 6.42 Å². The maximum Gasteiger partial charge on any atom is 0.337 e. The maximum atomic E-state index is 12.2. The number of rotatable bonds is 6. The van der Waals surface area contributed by atoms with Crippen molar-refractivity contribution in [2.24, 2.45) is 11.7 Å². The fourth-order valence-electron chi connectivity index (χ4n) is 1.70. The number of carboxylic acids is 1. The summed E-state index contributed by atoms with van der Waals surface area (Å²) in [6.07, 6.45) is 3.15. The Morgan fingerprint density at radius 3 is 2.57 bits per heavy atom. The van der Waals surface area contributed by atoms with Crippen LogP contribution in [0, 0.1) is 5.92 Å². The van der Waals surface area contributed by atoms with Gasteiger partial charge in [-0.25, -0.2) is 9.59 Å². The maximum absolute atomic E-state index is 12.2. The van der Waals surface area contributed by atoms with Crippen molar-refractivity contribution >= 4 is 23.6 Å². The number of anilines is 1. The van der Waals surface area contributed by atoms with Crippen LogP contribution in [0.5, 0.6) is 0 Å². The first-order chi connectivity index (χ1) is 9.85. The van der Waals surface area contributed by atoms with Crippen LogP contribution in [0.1, 0.15) is 30.6 Å². The SMILES string of the molecule is CCC(C)C(NC(N)=O)C(=O)Nc1cncc(C(=O)O)c1. The first kappa shape index (κ1) is 16.4. The number of carboxylic acid groups (broad SMARTS) is 1. The molecule has 0 aliphatic heterocycles. The molecule has 0 radical (unpaired) electrons. The van der Waals surface area contributed by atoms with E-state index >= 15 is 0 Å². The van der Waals surface area contributed by atoms with E-state index in [-0.39, 0.29) is 17.2 Å². The molecule has 3 amide bonds. The van der Waals surface area contributed by atoms with Gasteiger partial charge in [0.25, 0.3) is 0 Å². The Hall–Kier alpha value is -2.64. The number of carbonyl (C=O) groups excluding carboxylic acids is 2. The molecule has 0 aliphatic rings. The van der Waals surface area contributed by atoms with E-state index in [1.165, 1.54) is 18.5 Å². The van der Waals surface area contributed by atoms with Gasteiger partial charge in [-0.2, -0.15) is 0 Å². The highest BCUT2D eigenvalue weighted by Crippen LogP contribution is 2.13. The number of urea groups is 1. The highest BCUT2D eigenvalue weighted by Gasteiger charge is 2.25. The van der Waals surface area contributed by atoms with Crippen LogP contribution in [0.4, 0.5) is 10.5 Å². The number of hydrogen-bond acceptors (Lipinski definition) is 4. The summed E-state index contributed by atoms with van der Waals surface area (Å²) in [4.78, 5) is 37.7. The third kappa shape index (κ3) is 4.75. The summed E-state index contributed by atoms with van der Waals surface area (Å²) in [6, 6.07) is -0.320. The Bertz CT molecular complexity index is 547. The number of nitrogens with two attached hydrogens (primary N) is 1. The minimum atomic E-state index is -1.15. The van der Waals surface area contributed by atoms with Crippen molar-refractivity contribution in [1.29, 1.82) is 0 Å². The van der Waals surface area contributed by atoms with Crippen LogP contribution in [0.2, 0.25) is 0 Å². The van der Waals surface area contributed by atoms with Crippen LogP contribution in [0.3, 0.4) is 0 Å². The van der Waals surface area contributed by atoms with Crippen molar-refractivity contribution in [2.75, 3.05) is 5.32 Å². The minimum Gasteiger partial charge on any atom is -0.478 e. The van der Waals surface area contributed by atoms with Crippen LogP contribution in [-0.4, -0.2) is 34.0 Å². The lowest BCUT2D eigenvalue weighted by Gasteiger charge is -2.22. The molecule has 2 unspecified atom stereocenters. The molecule has 2 atom stereocenters. The van der Waals surface area contributed by atoms with E-state index in [0.717, 1.165) is 0 Å². The van der Waals surface area contributed by atoms with Gasteiger partial charge in [-0.3, -0.25) is 9.78 Å². The molecule has 0 bridgehead atoms. The first-order valence-corrected chi connectivity index (χ1v) is 6.40. The average Bonchev–Trinajstić information content (AvgIpc) is 2.43. The van der Waals surface area contributed by atoms with Crippen molar-refractivity contribution in [3.05, 3.63) is 24.0 Å². The molecule has 0 saturated heterocycles. The van der Waals surface area contributed by atoms with Gasteiger partial charge in [0.2, 0.25) is 5.91 Å². The zero-order chi connectivity index (χ0) is 16.0. The standard InChI is InChI=1S/C13H18N4O4/c1-3-7(2)10(17-13(14)21)11(18)16-9-4-8(12(19)20)5-15-6-9/h4-7,10H,3H2,1-2H3,(H,16,18)(H,19,20)(H3,14,17,21). The summed E-state index contributed by atoms with van der Waals surface area (Å²) in [6.45, 7) is 3.67. The van der Waals surface area contributed by atoms with Crippen LogP contribution in [-0.2, 0) is 4.79 Å². The predicted octanol–water partition coefficient (Wildman–Crippen LogP) is 0.801. The Labute approximate surface area is 121 Å². The number of aromatic nitrogens is 1. The van der Waals surface area contributed by atoms with Gasteiger partial charge in [-0.15, -0.1) is 0 Å². The average molecular weight is 294 g/mol. The van der Waals surface area contributed by atoms with Gasteiger partial charge in [-0.1, -0.05) is 20.3 Å². The van der Waals surface area contributed by atoms with Crippen molar-refractivity contribution in [3.8, 4) is 0 Å². The van der Waals surface area contributed by atoms with Crippen LogP contribution in [0.25, 0.3) is 0 Å². The van der Waals surface area contributed by atoms with Crippen molar-refractivity contribution in [3.63, 3.8) is 0 Å². The van der Waals surface area contributed by atoms with E-state index in [1.807, 2.05) is 6.92 Å². The number of aromatic carboxylic acids is 1. The van der Waals surface area contributed by atoms with Crippen LogP contribution >= 0.6 is 0 Å². The third-order valence-corrected chi connectivity index (χ3v) is 3.05. The van der Waals surface area contributed by atoms with Gasteiger partial charge < -0.3 is 21.5 Å². The molecule has 8 nitrogen and oxygen atoms in total. The molecule has 1 rings (SSSR count). The Kier molecular flexibility index (Phi) is 5.65. The fraction of sp³-hybridized carbons (Fsp3) is 0.385. The van der Waals surface area contributed by atoms with E-state index in [2.05, 4.69) is 15.6 Å². The van der Waals surface area contributed by atoms with E-state index in [4.69, 9.17) is 10.8 Å². The number of hydrogen-bond donors (Lipinski definition) is 4. The first-order valence-electron chi connectivity index (χ1n) is 6.40. The molecule has 1 aromatic heterocycles. The Balaban J connectivity index is 2.88. The molecule has 0 spiro atoms. The van der Waals surface area contributed by atoms with Gasteiger partial charge in [0.05, 0.1) is 17.4 Å². The largest absolute Gasteiger partial charge is 0.478 e. The minimum absolute atomic E-state index is 0.0456. The number of nitrogens with zero attached hydrogens (tertiary/aromatic N) is 1. The zero-order valence-corrected chi connectivity index (χ0v) is 11.8. The number of amides is 3. The van der Waals surface area contributed by atoms with Gasteiger partial charge >= 0.3 is 12.0 Å². The molecular weight excluding hydrogens is 276 g/mol. The summed E-state index contributed by atoms with van der Waals surface area (Å²) in [5.41, 5.74) is 5.25. The lowest BCUT2D eigenvalue weighted by molar-refractivity contribution is -0.119. The fourth-order valence-corrected chi connectivity index (χ4v) is 1.70. The second-order valence-electron chi connectivity index (χ2n) is 4.63. The van der Waals surface area contributed by atoms with Crippen molar-refractivity contribution < 1.29 is 19.5 Å². The second kappa shape index (κ2) is 7.22. The van der Waals surface area contributed by atoms with Crippen molar-refractivity contribution in [2.45, 2.75) is 26.3 Å². The van der Waals surface area contributed by atoms with E-state index < -0.39 is 23.9 Å². The van der Waals surface area contributed by atoms with Gasteiger partial charge in [0, 0.05) is 6.20 Å². The van der Waals surface area contributed by atoms with Crippen molar-refractivity contribution in [1.82, 2.24) is 10.3 Å². The smallest absolute Gasteiger partial charge is 0.337 e. The van der Waals surface area contributed by atoms with Gasteiger partial charge in [0.1, 0.15) is 6.04 Å². The molecule has 0 aromatic carbocycles. The molecule has 114 valence electrons. The lowest BCUT2D eigenvalue weighted by Crippen LogP contribution is -2.49. The Morgan fingerprint density at radius 1 is 1.38 bits per heavy atom. The topological polar surface area (TPSA) is 134 Å². The highest BCUT2D eigenvalue weighted by atomic mass is 16.4. The molecule has 0 saturated carbocycles. The summed E-state index contributed by atoms with van der Waals surface area (Å²) < 4.78 is 0. The number of nitrogens with one attached hydrogen (secondary N) is 2. The third-order valence-electron chi connectivity index (χ3n) is 3.05. The van der Waals surface area contributed by atoms with E-state index in [9.17, 15) is 14.4 Å². The van der Waals surface area contributed by atoms with E-state index in [1.54, 1.807) is 6.92 Å². The summed E-state index contributed by atoms with van der Waals surface area (Å²) in [5, 5.41) is 13.8. The number of primary amides is 1. The Morgan fingerprint density at radius 2 is 2.05 bits per heavy atom. The second-order valence-corrected chi connectivity index (χ2v) is 4.63. The normalized spacial score (nSPS) is 13.0. The number of pyridine rings is 1. The molecule has 8 heteroatoms. The molecule has 5 N–H and O–H groups in total. The molecular formula is C13H18N4O4. The zero-order valence-electron chi connectivity index (χ0n) is 11.8. The summed E-state index contributed by atoms with van der Waals surface area (Å²) >= 11 is 0. The molecule has 1 aromatic rings. The van der Waals surface area contributed by atoms with Gasteiger partial charge in [0.15, 0.2) is 0 Å². The van der Waals surface area contributed by atoms with Crippen LogP contribution < -0.4 is 16.4 Å².